The van der Waals surface area contributed by atoms with Gasteiger partial charge in [0.05, 0.1) is 12.3 Å². The fourth-order valence-corrected chi connectivity index (χ4v) is 1.20. The maximum atomic E-state index is 5.85. The lowest BCUT2D eigenvalue weighted by molar-refractivity contribution is 0.121. The average Bonchev–Trinajstić information content (AvgIpc) is 2.52. The van der Waals surface area contributed by atoms with Crippen LogP contribution in [0.2, 0.25) is 0 Å². The van der Waals surface area contributed by atoms with Crippen LogP contribution in [0.1, 0.15) is 19.0 Å². The molecular weight excluding hydrogens is 180 g/mol. The lowest BCUT2D eigenvalue weighted by Crippen LogP contribution is -2.29. The van der Waals surface area contributed by atoms with E-state index in [1.54, 1.807) is 4.68 Å². The van der Waals surface area contributed by atoms with Gasteiger partial charge in [-0.15, -0.1) is 5.10 Å². The van der Waals surface area contributed by atoms with Crippen molar-refractivity contribution in [3.05, 3.63) is 11.9 Å². The maximum Gasteiger partial charge on any atom is 0.0843 e. The van der Waals surface area contributed by atoms with Crippen molar-refractivity contribution in [2.24, 2.45) is 12.8 Å². The van der Waals surface area contributed by atoms with Crippen LogP contribution in [-0.2, 0) is 18.2 Å². The first-order chi connectivity index (χ1) is 6.72. The minimum Gasteiger partial charge on any atom is -0.380 e. The molecule has 2 N–H and O–H groups in total. The van der Waals surface area contributed by atoms with Crippen molar-refractivity contribution in [2.75, 3.05) is 13.2 Å². The zero-order chi connectivity index (χ0) is 10.4. The van der Waals surface area contributed by atoms with E-state index in [4.69, 9.17) is 10.5 Å². The van der Waals surface area contributed by atoms with Crippen LogP contribution in [-0.4, -0.2) is 34.2 Å². The lowest BCUT2D eigenvalue weighted by atomic mass is 10.2. The Balaban J connectivity index is 2.23. The van der Waals surface area contributed by atoms with E-state index >= 15 is 0 Å². The molecule has 0 amide bonds. The standard InChI is InChI=1S/C9H18N4O/c1-3-4-14-7-8(10)5-9-6-13(2)12-11-9/h6,8H,3-5,7,10H2,1-2H3. The minimum absolute atomic E-state index is 0.0123. The van der Waals surface area contributed by atoms with Gasteiger partial charge in [0, 0.05) is 32.3 Å². The topological polar surface area (TPSA) is 66.0 Å². The summed E-state index contributed by atoms with van der Waals surface area (Å²) in [6.45, 7) is 3.44. The largest absolute Gasteiger partial charge is 0.380 e. The molecule has 0 bridgehead atoms. The maximum absolute atomic E-state index is 5.85. The summed E-state index contributed by atoms with van der Waals surface area (Å²) in [5, 5.41) is 7.80. The molecule has 14 heavy (non-hydrogen) atoms. The van der Waals surface area contributed by atoms with Crippen molar-refractivity contribution >= 4 is 0 Å². The molecule has 0 aromatic carbocycles. The third-order valence-electron chi connectivity index (χ3n) is 1.80. The summed E-state index contributed by atoms with van der Waals surface area (Å²) in [5.41, 5.74) is 6.77. The van der Waals surface area contributed by atoms with Gasteiger partial charge < -0.3 is 10.5 Å². The van der Waals surface area contributed by atoms with Crippen LogP contribution < -0.4 is 5.73 Å². The molecule has 1 heterocycles. The number of nitrogens with two attached hydrogens (primary N) is 1. The molecule has 0 aliphatic rings. The number of rotatable bonds is 6. The van der Waals surface area contributed by atoms with Gasteiger partial charge in [0.2, 0.25) is 0 Å². The van der Waals surface area contributed by atoms with Crippen molar-refractivity contribution < 1.29 is 4.74 Å². The smallest absolute Gasteiger partial charge is 0.0843 e. The molecule has 0 fully saturated rings. The van der Waals surface area contributed by atoms with Gasteiger partial charge in [-0.2, -0.15) is 0 Å². The van der Waals surface area contributed by atoms with Crippen molar-refractivity contribution in [2.45, 2.75) is 25.8 Å². The lowest BCUT2D eigenvalue weighted by Gasteiger charge is -2.09. The molecule has 1 rings (SSSR count). The highest BCUT2D eigenvalue weighted by Gasteiger charge is 2.06. The SMILES string of the molecule is CCCOCC(N)Cc1cn(C)nn1. The Hall–Kier alpha value is -0.940. The van der Waals surface area contributed by atoms with E-state index in [1.807, 2.05) is 13.2 Å². The van der Waals surface area contributed by atoms with Crippen molar-refractivity contribution in [3.63, 3.8) is 0 Å². The number of aryl methyl sites for hydroxylation is 1. The molecule has 1 unspecified atom stereocenters. The van der Waals surface area contributed by atoms with Crippen LogP contribution in [0.25, 0.3) is 0 Å². The van der Waals surface area contributed by atoms with Gasteiger partial charge in [0.25, 0.3) is 0 Å². The van der Waals surface area contributed by atoms with Crippen LogP contribution in [0.15, 0.2) is 6.20 Å². The summed E-state index contributed by atoms with van der Waals surface area (Å²) in [5.74, 6) is 0. The number of ether oxygens (including phenoxy) is 1. The van der Waals surface area contributed by atoms with Gasteiger partial charge in [-0.3, -0.25) is 4.68 Å². The Kier molecular flexibility index (Phi) is 4.55. The second-order valence-electron chi connectivity index (χ2n) is 3.42. The van der Waals surface area contributed by atoms with Crippen LogP contribution >= 0.6 is 0 Å². The summed E-state index contributed by atoms with van der Waals surface area (Å²) in [4.78, 5) is 0. The highest BCUT2D eigenvalue weighted by Crippen LogP contribution is 1.97. The third kappa shape index (κ3) is 3.85. The quantitative estimate of drug-likeness (QED) is 0.659. The molecule has 0 radical (unpaired) electrons. The zero-order valence-corrected chi connectivity index (χ0v) is 8.81. The van der Waals surface area contributed by atoms with Gasteiger partial charge in [-0.05, 0) is 6.42 Å². The van der Waals surface area contributed by atoms with Crippen molar-refractivity contribution in [1.29, 1.82) is 0 Å². The number of hydrogen-bond donors (Lipinski definition) is 1. The summed E-state index contributed by atoms with van der Waals surface area (Å²) < 4.78 is 7.02. The van der Waals surface area contributed by atoms with E-state index in [9.17, 15) is 0 Å². The van der Waals surface area contributed by atoms with Gasteiger partial charge in [0.15, 0.2) is 0 Å². The molecule has 80 valence electrons. The van der Waals surface area contributed by atoms with E-state index < -0.39 is 0 Å². The molecule has 1 atom stereocenters. The fraction of sp³-hybridized carbons (Fsp3) is 0.778. The van der Waals surface area contributed by atoms with Crippen LogP contribution in [0.4, 0.5) is 0 Å². The number of hydrogen-bond acceptors (Lipinski definition) is 4. The summed E-state index contributed by atoms with van der Waals surface area (Å²) in [6, 6.07) is 0.0123. The van der Waals surface area contributed by atoms with Crippen LogP contribution in [0.3, 0.4) is 0 Å². The zero-order valence-electron chi connectivity index (χ0n) is 8.81. The van der Waals surface area contributed by atoms with Crippen molar-refractivity contribution in [3.8, 4) is 0 Å². The summed E-state index contributed by atoms with van der Waals surface area (Å²) >= 11 is 0. The van der Waals surface area contributed by atoms with E-state index in [1.165, 1.54) is 0 Å². The van der Waals surface area contributed by atoms with E-state index in [2.05, 4.69) is 17.2 Å². The highest BCUT2D eigenvalue weighted by molar-refractivity contribution is 4.94. The second-order valence-corrected chi connectivity index (χ2v) is 3.42. The Morgan fingerprint density at radius 2 is 2.43 bits per heavy atom. The summed E-state index contributed by atoms with van der Waals surface area (Å²) in [7, 11) is 1.84. The molecule has 1 aromatic rings. The molecule has 1 aromatic heterocycles. The first-order valence-corrected chi connectivity index (χ1v) is 4.91. The predicted molar refractivity (Wildman–Crippen MR) is 53.8 cm³/mol. The second kappa shape index (κ2) is 5.72. The van der Waals surface area contributed by atoms with Crippen LogP contribution in [0.5, 0.6) is 0 Å². The van der Waals surface area contributed by atoms with Crippen LogP contribution in [0, 0.1) is 0 Å². The van der Waals surface area contributed by atoms with E-state index in [0.717, 1.165) is 25.1 Å². The normalized spacial score (nSPS) is 13.1. The van der Waals surface area contributed by atoms with Gasteiger partial charge in [-0.1, -0.05) is 12.1 Å². The molecule has 0 saturated heterocycles. The molecule has 5 nitrogen and oxygen atoms in total. The average molecular weight is 198 g/mol. The van der Waals surface area contributed by atoms with Crippen molar-refractivity contribution in [1.82, 2.24) is 15.0 Å². The van der Waals surface area contributed by atoms with E-state index in [-0.39, 0.29) is 6.04 Å². The molecule has 0 spiro atoms. The Bertz CT molecular complexity index is 261. The van der Waals surface area contributed by atoms with Gasteiger partial charge >= 0.3 is 0 Å². The molecular formula is C9H18N4O. The Labute approximate surface area is 84.2 Å². The number of nitrogens with zero attached hydrogens (tertiary/aromatic N) is 3. The molecule has 0 saturated carbocycles. The first kappa shape index (κ1) is 11.1. The molecule has 0 aliphatic heterocycles. The summed E-state index contributed by atoms with van der Waals surface area (Å²) in [6.07, 6.45) is 3.62. The fourth-order valence-electron chi connectivity index (χ4n) is 1.20. The predicted octanol–water partition coefficient (Wildman–Crippen LogP) is 0.111. The van der Waals surface area contributed by atoms with Gasteiger partial charge in [0.1, 0.15) is 0 Å². The third-order valence-corrected chi connectivity index (χ3v) is 1.80. The highest BCUT2D eigenvalue weighted by atomic mass is 16.5. The Morgan fingerprint density at radius 3 is 3.00 bits per heavy atom. The monoisotopic (exact) mass is 198 g/mol. The molecule has 5 heteroatoms. The Morgan fingerprint density at radius 1 is 1.64 bits per heavy atom. The first-order valence-electron chi connectivity index (χ1n) is 4.91. The van der Waals surface area contributed by atoms with E-state index in [0.29, 0.717) is 6.61 Å². The number of aromatic nitrogens is 3. The molecule has 0 aliphatic carbocycles. The minimum atomic E-state index is 0.0123. The van der Waals surface area contributed by atoms with Gasteiger partial charge in [-0.25, -0.2) is 0 Å².